The molecule has 2 nitrogen and oxygen atoms in total. The lowest BCUT2D eigenvalue weighted by molar-refractivity contribution is 0.112. The molecule has 94 valence electrons. The Bertz CT molecular complexity index is 524. The number of hydrogen-bond donors (Lipinski definition) is 0. The number of anilines is 1. The van der Waals surface area contributed by atoms with Crippen LogP contribution in [0.1, 0.15) is 29.6 Å². The molecule has 1 aliphatic heterocycles. The molecule has 0 aromatic carbocycles. The second-order valence-corrected chi connectivity index (χ2v) is 6.49. The van der Waals surface area contributed by atoms with Crippen molar-refractivity contribution >= 4 is 34.0 Å². The predicted molar refractivity (Wildman–Crippen MR) is 79.1 cm³/mol. The Morgan fingerprint density at radius 1 is 1.17 bits per heavy atom. The third-order valence-corrected chi connectivity index (χ3v) is 5.55. The van der Waals surface area contributed by atoms with Crippen LogP contribution in [0.25, 0.3) is 9.75 Å². The van der Waals surface area contributed by atoms with Crippen molar-refractivity contribution in [3.8, 4) is 9.75 Å². The first kappa shape index (κ1) is 11.9. The zero-order valence-electron chi connectivity index (χ0n) is 10.1. The molecular formula is C14H15NOS2. The van der Waals surface area contributed by atoms with Crippen molar-refractivity contribution in [3.63, 3.8) is 0 Å². The maximum absolute atomic E-state index is 11.2. The molecule has 0 unspecified atom stereocenters. The van der Waals surface area contributed by atoms with E-state index in [1.54, 1.807) is 22.7 Å². The molecule has 0 radical (unpaired) electrons. The molecule has 0 saturated carbocycles. The van der Waals surface area contributed by atoms with Gasteiger partial charge in [-0.3, -0.25) is 4.79 Å². The summed E-state index contributed by atoms with van der Waals surface area (Å²) in [6, 6.07) is 6.21. The van der Waals surface area contributed by atoms with Crippen LogP contribution in [-0.4, -0.2) is 19.4 Å². The highest BCUT2D eigenvalue weighted by atomic mass is 32.1. The highest BCUT2D eigenvalue weighted by Crippen LogP contribution is 2.39. The minimum absolute atomic E-state index is 0.852. The maximum atomic E-state index is 11.2. The molecule has 0 amide bonds. The van der Waals surface area contributed by atoms with Gasteiger partial charge in [0.25, 0.3) is 0 Å². The second-order valence-electron chi connectivity index (χ2n) is 4.51. The van der Waals surface area contributed by atoms with Gasteiger partial charge in [0.1, 0.15) is 5.00 Å². The highest BCUT2D eigenvalue weighted by Gasteiger charge is 2.18. The molecule has 2 aromatic heterocycles. The molecule has 4 heteroatoms. The summed E-state index contributed by atoms with van der Waals surface area (Å²) in [6.07, 6.45) is 4.79. The number of thiophene rings is 2. The SMILES string of the molecule is O=Cc1cc(-c2cccs2)sc1N1CCCCC1. The predicted octanol–water partition coefficient (Wildman–Crippen LogP) is 4.28. The van der Waals surface area contributed by atoms with E-state index >= 15 is 0 Å². The minimum atomic E-state index is 0.852. The molecule has 1 fully saturated rings. The Morgan fingerprint density at radius 3 is 2.67 bits per heavy atom. The number of aldehydes is 1. The van der Waals surface area contributed by atoms with Crippen LogP contribution in [0.5, 0.6) is 0 Å². The minimum Gasteiger partial charge on any atom is -0.363 e. The number of nitrogens with zero attached hydrogens (tertiary/aromatic N) is 1. The molecule has 2 aromatic rings. The summed E-state index contributed by atoms with van der Waals surface area (Å²) in [5.74, 6) is 0. The zero-order valence-corrected chi connectivity index (χ0v) is 11.7. The number of carbonyl (C=O) groups is 1. The van der Waals surface area contributed by atoms with E-state index in [1.807, 2.05) is 6.07 Å². The lowest BCUT2D eigenvalue weighted by Crippen LogP contribution is -2.29. The van der Waals surface area contributed by atoms with Gasteiger partial charge in [-0.1, -0.05) is 6.07 Å². The summed E-state index contributed by atoms with van der Waals surface area (Å²) in [5.41, 5.74) is 0.852. The average molecular weight is 277 g/mol. The fourth-order valence-electron chi connectivity index (χ4n) is 2.36. The van der Waals surface area contributed by atoms with Gasteiger partial charge < -0.3 is 4.90 Å². The Kier molecular flexibility index (Phi) is 3.48. The molecule has 0 aliphatic carbocycles. The highest BCUT2D eigenvalue weighted by molar-refractivity contribution is 7.24. The number of hydrogen-bond acceptors (Lipinski definition) is 4. The van der Waals surface area contributed by atoms with Gasteiger partial charge in [0.2, 0.25) is 0 Å². The molecular weight excluding hydrogens is 262 g/mol. The van der Waals surface area contributed by atoms with Gasteiger partial charge in [-0.05, 0) is 36.8 Å². The topological polar surface area (TPSA) is 20.3 Å². The maximum Gasteiger partial charge on any atom is 0.153 e. The summed E-state index contributed by atoms with van der Waals surface area (Å²) in [5, 5.41) is 3.24. The van der Waals surface area contributed by atoms with E-state index in [2.05, 4.69) is 22.4 Å². The van der Waals surface area contributed by atoms with Gasteiger partial charge >= 0.3 is 0 Å². The van der Waals surface area contributed by atoms with E-state index in [-0.39, 0.29) is 0 Å². The van der Waals surface area contributed by atoms with E-state index in [0.717, 1.165) is 29.9 Å². The van der Waals surface area contributed by atoms with Crippen LogP contribution in [0.2, 0.25) is 0 Å². The van der Waals surface area contributed by atoms with Crippen LogP contribution >= 0.6 is 22.7 Å². The van der Waals surface area contributed by atoms with Crippen molar-refractivity contribution < 1.29 is 4.79 Å². The molecule has 0 spiro atoms. The first-order valence-electron chi connectivity index (χ1n) is 6.26. The molecule has 0 atom stereocenters. The van der Waals surface area contributed by atoms with Crippen LogP contribution in [0.3, 0.4) is 0 Å². The van der Waals surface area contributed by atoms with Gasteiger partial charge in [-0.2, -0.15) is 0 Å². The van der Waals surface area contributed by atoms with Gasteiger partial charge in [0.15, 0.2) is 6.29 Å². The first-order chi connectivity index (χ1) is 8.88. The van der Waals surface area contributed by atoms with Crippen molar-refractivity contribution in [3.05, 3.63) is 29.1 Å². The van der Waals surface area contributed by atoms with Crippen LogP contribution < -0.4 is 4.90 Å². The Hall–Kier alpha value is -1.13. The van der Waals surface area contributed by atoms with E-state index in [1.165, 1.54) is 29.0 Å². The lowest BCUT2D eigenvalue weighted by Gasteiger charge is -2.27. The quantitative estimate of drug-likeness (QED) is 0.780. The summed E-state index contributed by atoms with van der Waals surface area (Å²) in [4.78, 5) is 16.1. The fraction of sp³-hybridized carbons (Fsp3) is 0.357. The second kappa shape index (κ2) is 5.24. The summed E-state index contributed by atoms with van der Waals surface area (Å²) < 4.78 is 0. The van der Waals surface area contributed by atoms with Crippen LogP contribution in [0.15, 0.2) is 23.6 Å². The third-order valence-electron chi connectivity index (χ3n) is 3.27. The van der Waals surface area contributed by atoms with Crippen LogP contribution in [0.4, 0.5) is 5.00 Å². The van der Waals surface area contributed by atoms with Gasteiger partial charge in [0, 0.05) is 28.4 Å². The fourth-order valence-corrected chi connectivity index (χ4v) is 4.37. The third kappa shape index (κ3) is 2.22. The van der Waals surface area contributed by atoms with Gasteiger partial charge in [-0.15, -0.1) is 22.7 Å². The Labute approximate surface area is 115 Å². The van der Waals surface area contributed by atoms with Crippen LogP contribution in [-0.2, 0) is 0 Å². The number of rotatable bonds is 3. The summed E-state index contributed by atoms with van der Waals surface area (Å²) in [6.45, 7) is 2.18. The smallest absolute Gasteiger partial charge is 0.153 e. The van der Waals surface area contributed by atoms with E-state index in [9.17, 15) is 4.79 Å². The molecule has 18 heavy (non-hydrogen) atoms. The van der Waals surface area contributed by atoms with Crippen molar-refractivity contribution in [2.24, 2.45) is 0 Å². The first-order valence-corrected chi connectivity index (χ1v) is 7.96. The van der Waals surface area contributed by atoms with E-state index in [4.69, 9.17) is 0 Å². The zero-order chi connectivity index (χ0) is 12.4. The molecule has 1 aliphatic rings. The molecule has 0 bridgehead atoms. The van der Waals surface area contributed by atoms with Crippen molar-refractivity contribution in [2.75, 3.05) is 18.0 Å². The lowest BCUT2D eigenvalue weighted by atomic mass is 10.1. The van der Waals surface area contributed by atoms with Crippen molar-refractivity contribution in [1.29, 1.82) is 0 Å². The molecule has 1 saturated heterocycles. The van der Waals surface area contributed by atoms with Gasteiger partial charge in [0.05, 0.1) is 0 Å². The van der Waals surface area contributed by atoms with Crippen molar-refractivity contribution in [1.82, 2.24) is 0 Å². The Morgan fingerprint density at radius 2 is 2.00 bits per heavy atom. The monoisotopic (exact) mass is 277 g/mol. The number of carbonyl (C=O) groups excluding carboxylic acids is 1. The molecule has 3 heterocycles. The normalized spacial score (nSPS) is 15.9. The van der Waals surface area contributed by atoms with E-state index in [0.29, 0.717) is 0 Å². The van der Waals surface area contributed by atoms with Gasteiger partial charge in [-0.25, -0.2) is 0 Å². The molecule has 0 N–H and O–H groups in total. The Balaban J connectivity index is 1.95. The number of piperidine rings is 1. The average Bonchev–Trinajstić information content (AvgIpc) is 3.08. The molecule has 3 rings (SSSR count). The van der Waals surface area contributed by atoms with Crippen molar-refractivity contribution in [2.45, 2.75) is 19.3 Å². The van der Waals surface area contributed by atoms with E-state index < -0.39 is 0 Å². The largest absolute Gasteiger partial charge is 0.363 e. The standard InChI is InChI=1S/C14H15NOS2/c16-10-11-9-13(12-5-4-8-17-12)18-14(11)15-6-2-1-3-7-15/h4-5,8-10H,1-3,6-7H2. The summed E-state index contributed by atoms with van der Waals surface area (Å²) in [7, 11) is 0. The summed E-state index contributed by atoms with van der Waals surface area (Å²) >= 11 is 3.48. The van der Waals surface area contributed by atoms with Crippen LogP contribution in [0, 0.1) is 0 Å².